The Morgan fingerprint density at radius 2 is 1.91 bits per heavy atom. The van der Waals surface area contributed by atoms with Crippen molar-refractivity contribution < 1.29 is 34.8 Å². The molecule has 0 heterocycles. The van der Waals surface area contributed by atoms with E-state index in [0.717, 1.165) is 12.1 Å². The van der Waals surface area contributed by atoms with E-state index in [9.17, 15) is 34.8 Å². The van der Waals surface area contributed by atoms with Crippen LogP contribution in [0.3, 0.4) is 0 Å². The van der Waals surface area contributed by atoms with Gasteiger partial charge in [-0.2, -0.15) is 0 Å². The minimum Gasteiger partial charge on any atom is -0.511 e. The Kier molecular flexibility index (Phi) is 5.58. The first-order chi connectivity index (χ1) is 15.5. The summed E-state index contributed by atoms with van der Waals surface area (Å²) >= 11 is 0. The molecule has 0 fully saturated rings. The first-order valence-corrected chi connectivity index (χ1v) is 11.0. The van der Waals surface area contributed by atoms with Gasteiger partial charge in [0.15, 0.2) is 11.4 Å². The van der Waals surface area contributed by atoms with Crippen LogP contribution in [0.1, 0.15) is 48.2 Å². The normalized spacial score (nSPS) is 26.9. The molecule has 9 nitrogen and oxygen atoms in total. The van der Waals surface area contributed by atoms with Crippen LogP contribution in [-0.2, 0) is 22.6 Å². The van der Waals surface area contributed by atoms with Gasteiger partial charge < -0.3 is 31.5 Å². The number of Topliss-reactive ketones (excluding diaryl/α,β-unsaturated/α-hetero) is 2. The Hall–Kier alpha value is -3.17. The molecule has 1 aromatic carbocycles. The summed E-state index contributed by atoms with van der Waals surface area (Å²) in [6, 6.07) is 3.17. The third-order valence-corrected chi connectivity index (χ3v) is 6.91. The summed E-state index contributed by atoms with van der Waals surface area (Å²) in [5.41, 5.74) is 3.27. The van der Waals surface area contributed by atoms with Crippen LogP contribution < -0.4 is 11.1 Å². The molecule has 0 aliphatic heterocycles. The van der Waals surface area contributed by atoms with Gasteiger partial charge in [0, 0.05) is 24.5 Å². The lowest BCUT2D eigenvalue weighted by atomic mass is 9.60. The Bertz CT molecular complexity index is 1130. The number of benzene rings is 1. The van der Waals surface area contributed by atoms with E-state index in [0.29, 0.717) is 24.4 Å². The molecular formula is C24H28N2O7. The monoisotopic (exact) mass is 456 g/mol. The van der Waals surface area contributed by atoms with E-state index in [1.807, 2.05) is 0 Å². The van der Waals surface area contributed by atoms with Crippen molar-refractivity contribution in [3.63, 3.8) is 0 Å². The van der Waals surface area contributed by atoms with Gasteiger partial charge in [0.25, 0.3) is 5.91 Å². The number of carbonyl (C=O) groups is 3. The Morgan fingerprint density at radius 1 is 1.21 bits per heavy atom. The molecule has 0 unspecified atom stereocenters. The van der Waals surface area contributed by atoms with Crippen molar-refractivity contribution in [2.75, 3.05) is 6.54 Å². The molecule has 7 N–H and O–H groups in total. The summed E-state index contributed by atoms with van der Waals surface area (Å²) in [6.45, 7) is 5.41. The molecule has 0 spiro atoms. The second-order valence-corrected chi connectivity index (χ2v) is 9.53. The summed E-state index contributed by atoms with van der Waals surface area (Å²) in [4.78, 5) is 38.1. The summed E-state index contributed by atoms with van der Waals surface area (Å²) < 4.78 is 0. The number of fused-ring (bicyclic) bond motifs is 3. The number of rotatable bonds is 5. The highest BCUT2D eigenvalue weighted by Crippen LogP contribution is 2.51. The van der Waals surface area contributed by atoms with Crippen LogP contribution in [0.15, 0.2) is 34.8 Å². The maximum absolute atomic E-state index is 13.4. The highest BCUT2D eigenvalue weighted by Gasteiger charge is 2.59. The topological polar surface area (TPSA) is 170 Å². The van der Waals surface area contributed by atoms with E-state index in [1.165, 1.54) is 6.07 Å². The predicted octanol–water partition coefficient (Wildman–Crippen LogP) is 1.33. The molecule has 176 valence electrons. The van der Waals surface area contributed by atoms with Crippen LogP contribution in [0.25, 0.3) is 0 Å². The van der Waals surface area contributed by atoms with Gasteiger partial charge in [0.2, 0.25) is 5.78 Å². The first kappa shape index (κ1) is 23.0. The summed E-state index contributed by atoms with van der Waals surface area (Å²) in [7, 11) is 0. The number of ketones is 2. The predicted molar refractivity (Wildman–Crippen MR) is 117 cm³/mol. The number of hydrogen-bond donors (Lipinski definition) is 6. The fourth-order valence-electron chi connectivity index (χ4n) is 5.34. The SMILES string of the molecule is CC(C)CNCc1ccc(O)c2c1C[C@H]1C[C@H]3CC(O)=C(C(N)=O)C(=O)[C@@]3(O)C(O)=C1C2=O. The molecule has 33 heavy (non-hydrogen) atoms. The summed E-state index contributed by atoms with van der Waals surface area (Å²) in [5, 5.41) is 46.2. The lowest BCUT2D eigenvalue weighted by Crippen LogP contribution is -2.57. The van der Waals surface area contributed by atoms with Crippen molar-refractivity contribution in [1.82, 2.24) is 5.32 Å². The quantitative estimate of drug-likeness (QED) is 0.360. The number of aliphatic hydroxyl groups is 3. The van der Waals surface area contributed by atoms with Crippen LogP contribution in [-0.4, -0.2) is 50.0 Å². The van der Waals surface area contributed by atoms with Crippen molar-refractivity contribution in [3.8, 4) is 5.75 Å². The average molecular weight is 456 g/mol. The standard InChI is InChI=1S/C24H28N2O7/c1-10(2)8-26-9-11-3-4-15(27)18-14(11)6-12-5-13-7-16(28)19(23(25)32)22(31)24(13,33)21(30)17(12)20(18)29/h3-4,10,12-13,26-28,30,33H,5-9H2,1-2H3,(H2,25,32)/t12-,13+,24+/m1/s1. The number of primary amides is 1. The molecule has 1 aromatic rings. The van der Waals surface area contributed by atoms with E-state index in [1.54, 1.807) is 6.07 Å². The Labute approximate surface area is 190 Å². The van der Waals surface area contributed by atoms with E-state index in [-0.39, 0.29) is 29.7 Å². The van der Waals surface area contributed by atoms with Crippen molar-refractivity contribution in [3.05, 3.63) is 51.5 Å². The number of phenolic OH excluding ortho intramolecular Hbond substituents is 1. The number of amides is 1. The average Bonchev–Trinajstić information content (AvgIpc) is 2.71. The summed E-state index contributed by atoms with van der Waals surface area (Å²) in [6.07, 6.45) is 0.192. The van der Waals surface area contributed by atoms with Crippen LogP contribution in [0.4, 0.5) is 0 Å². The van der Waals surface area contributed by atoms with E-state index >= 15 is 0 Å². The third-order valence-electron chi connectivity index (χ3n) is 6.91. The number of nitrogens with one attached hydrogen (secondary N) is 1. The van der Waals surface area contributed by atoms with Crippen molar-refractivity contribution in [1.29, 1.82) is 0 Å². The number of nitrogens with two attached hydrogens (primary N) is 1. The van der Waals surface area contributed by atoms with Gasteiger partial charge in [-0.15, -0.1) is 0 Å². The van der Waals surface area contributed by atoms with Gasteiger partial charge in [0.1, 0.15) is 22.8 Å². The molecule has 3 aliphatic rings. The fraction of sp³-hybridized carbons (Fsp3) is 0.458. The lowest BCUT2D eigenvalue weighted by molar-refractivity contribution is -0.144. The number of phenols is 1. The second kappa shape index (κ2) is 8.00. The smallest absolute Gasteiger partial charge is 0.255 e. The maximum atomic E-state index is 13.4. The summed E-state index contributed by atoms with van der Waals surface area (Å²) in [5.74, 6) is -5.76. The fourth-order valence-corrected chi connectivity index (χ4v) is 5.34. The van der Waals surface area contributed by atoms with Gasteiger partial charge in [0.05, 0.1) is 5.56 Å². The zero-order chi connectivity index (χ0) is 24.2. The second-order valence-electron chi connectivity index (χ2n) is 9.53. The largest absolute Gasteiger partial charge is 0.511 e. The number of hydrogen-bond acceptors (Lipinski definition) is 8. The third kappa shape index (κ3) is 3.43. The van der Waals surface area contributed by atoms with E-state index in [4.69, 9.17) is 5.73 Å². The molecular weight excluding hydrogens is 428 g/mol. The van der Waals surface area contributed by atoms with Gasteiger partial charge in [-0.05, 0) is 48.4 Å². The number of carbonyl (C=O) groups excluding carboxylic acids is 3. The molecule has 0 saturated heterocycles. The van der Waals surface area contributed by atoms with Crippen LogP contribution in [0.2, 0.25) is 0 Å². The van der Waals surface area contributed by atoms with Crippen LogP contribution in [0, 0.1) is 17.8 Å². The molecule has 4 rings (SSSR count). The maximum Gasteiger partial charge on any atom is 0.255 e. The molecule has 0 aromatic heterocycles. The van der Waals surface area contributed by atoms with Gasteiger partial charge in [-0.3, -0.25) is 14.4 Å². The highest BCUT2D eigenvalue weighted by molar-refractivity contribution is 6.24. The minimum absolute atomic E-state index is 0.0375. The number of aromatic hydroxyl groups is 1. The lowest BCUT2D eigenvalue weighted by Gasteiger charge is -2.45. The molecule has 3 atom stereocenters. The van der Waals surface area contributed by atoms with E-state index < -0.39 is 52.0 Å². The highest BCUT2D eigenvalue weighted by atomic mass is 16.3. The zero-order valence-corrected chi connectivity index (χ0v) is 18.5. The number of allylic oxidation sites excluding steroid dienone is 2. The molecule has 0 bridgehead atoms. The zero-order valence-electron chi connectivity index (χ0n) is 18.5. The van der Waals surface area contributed by atoms with Crippen molar-refractivity contribution >= 4 is 17.5 Å². The molecule has 9 heteroatoms. The van der Waals surface area contributed by atoms with Crippen LogP contribution >= 0.6 is 0 Å². The first-order valence-electron chi connectivity index (χ1n) is 11.0. The Balaban J connectivity index is 1.80. The van der Waals surface area contributed by atoms with Gasteiger partial charge >= 0.3 is 0 Å². The molecule has 0 saturated carbocycles. The Morgan fingerprint density at radius 3 is 2.55 bits per heavy atom. The van der Waals surface area contributed by atoms with Gasteiger partial charge in [-0.25, -0.2) is 0 Å². The molecule has 1 amide bonds. The van der Waals surface area contributed by atoms with Crippen molar-refractivity contribution in [2.45, 2.75) is 45.3 Å². The van der Waals surface area contributed by atoms with Gasteiger partial charge in [-0.1, -0.05) is 19.9 Å². The minimum atomic E-state index is -2.54. The molecule has 3 aliphatic carbocycles. The van der Waals surface area contributed by atoms with Crippen LogP contribution in [0.5, 0.6) is 5.75 Å². The van der Waals surface area contributed by atoms with Crippen molar-refractivity contribution in [2.24, 2.45) is 23.5 Å². The van der Waals surface area contributed by atoms with E-state index in [2.05, 4.69) is 19.2 Å². The number of aliphatic hydroxyl groups excluding tert-OH is 2. The molecule has 0 radical (unpaired) electrons.